The van der Waals surface area contributed by atoms with Gasteiger partial charge in [-0.2, -0.15) is 0 Å². The third kappa shape index (κ3) is 5.06. The van der Waals surface area contributed by atoms with Crippen LogP contribution in [0.1, 0.15) is 33.1 Å². The topological polar surface area (TPSA) is 77.5 Å². The van der Waals surface area contributed by atoms with Crippen molar-refractivity contribution in [2.45, 2.75) is 26.2 Å². The predicted octanol–water partition coefficient (Wildman–Crippen LogP) is 4.27. The summed E-state index contributed by atoms with van der Waals surface area (Å²) in [5.74, 6) is 1.04. The molecule has 8 heteroatoms. The van der Waals surface area contributed by atoms with Gasteiger partial charge in [0.05, 0.1) is 15.6 Å². The first-order valence-electron chi connectivity index (χ1n) is 9.79. The highest BCUT2D eigenvalue weighted by atomic mass is 32.1. The number of ether oxygens (including phenoxy) is 2. The van der Waals surface area contributed by atoms with Crippen molar-refractivity contribution in [1.82, 2.24) is 10.3 Å². The maximum absolute atomic E-state index is 12.4. The molecule has 1 aliphatic rings. The number of hydrogen-bond donors (Lipinski definition) is 1. The Balaban J connectivity index is 1.21. The number of nitrogens with one attached hydrogen (secondary N) is 1. The summed E-state index contributed by atoms with van der Waals surface area (Å²) in [4.78, 5) is 31.4. The molecule has 0 saturated heterocycles. The van der Waals surface area contributed by atoms with Gasteiger partial charge in [0.25, 0.3) is 0 Å². The lowest BCUT2D eigenvalue weighted by Crippen LogP contribution is -2.25. The monoisotopic (exact) mass is 442 g/mol. The molecule has 0 fully saturated rings. The number of nitrogens with zero attached hydrogens (tertiary/aromatic N) is 1. The highest BCUT2D eigenvalue weighted by Gasteiger charge is 2.16. The quantitative estimate of drug-likeness (QED) is 0.527. The first-order valence-corrected chi connectivity index (χ1v) is 11.5. The van der Waals surface area contributed by atoms with Gasteiger partial charge in [0, 0.05) is 35.2 Å². The number of aromatic nitrogens is 1. The molecule has 0 unspecified atom stereocenters. The number of Topliss-reactive ketones (excluding diaryl/α,β-unsaturated/α-hetero) is 1. The van der Waals surface area contributed by atoms with Crippen LogP contribution in [0.3, 0.4) is 0 Å². The summed E-state index contributed by atoms with van der Waals surface area (Å²) in [5.41, 5.74) is 1.55. The number of aryl methyl sites for hydroxylation is 1. The molecule has 3 heterocycles. The molecule has 6 nitrogen and oxygen atoms in total. The maximum Gasteiger partial charge on any atom is 0.220 e. The molecule has 2 aromatic heterocycles. The minimum atomic E-state index is -0.118. The zero-order chi connectivity index (χ0) is 20.9. The highest BCUT2D eigenvalue weighted by Crippen LogP contribution is 2.31. The number of carbonyl (C=O) groups is 2. The first kappa shape index (κ1) is 20.6. The molecule has 1 aromatic carbocycles. The van der Waals surface area contributed by atoms with Crippen molar-refractivity contribution in [3.63, 3.8) is 0 Å². The van der Waals surface area contributed by atoms with Crippen molar-refractivity contribution in [3.8, 4) is 22.1 Å². The first-order chi connectivity index (χ1) is 14.6. The summed E-state index contributed by atoms with van der Waals surface area (Å²) in [7, 11) is 0. The van der Waals surface area contributed by atoms with Crippen LogP contribution in [0.25, 0.3) is 10.6 Å². The fourth-order valence-electron chi connectivity index (χ4n) is 3.13. The summed E-state index contributed by atoms with van der Waals surface area (Å²) >= 11 is 3.34. The average molecular weight is 443 g/mol. The molecule has 0 aliphatic carbocycles. The lowest BCUT2D eigenvalue weighted by Gasteiger charge is -2.18. The zero-order valence-corrected chi connectivity index (χ0v) is 18.2. The largest absolute Gasteiger partial charge is 0.486 e. The number of hydrogen-bond acceptors (Lipinski definition) is 7. The maximum atomic E-state index is 12.4. The minimum Gasteiger partial charge on any atom is -0.486 e. The summed E-state index contributed by atoms with van der Waals surface area (Å²) in [6.45, 7) is 3.53. The van der Waals surface area contributed by atoms with Crippen LogP contribution in [-0.2, 0) is 11.2 Å². The fraction of sp³-hybridized carbons (Fsp3) is 0.318. The van der Waals surface area contributed by atoms with Crippen LogP contribution in [0.2, 0.25) is 0 Å². The van der Waals surface area contributed by atoms with Gasteiger partial charge >= 0.3 is 0 Å². The molecule has 0 saturated carbocycles. The van der Waals surface area contributed by atoms with E-state index in [1.165, 1.54) is 4.88 Å². The third-order valence-electron chi connectivity index (χ3n) is 4.67. The van der Waals surface area contributed by atoms with Gasteiger partial charge in [0.15, 0.2) is 17.3 Å². The molecule has 30 heavy (non-hydrogen) atoms. The van der Waals surface area contributed by atoms with Crippen molar-refractivity contribution < 1.29 is 19.1 Å². The molecule has 1 amide bonds. The van der Waals surface area contributed by atoms with Gasteiger partial charge in [-0.05, 0) is 43.7 Å². The Bertz CT molecular complexity index is 1060. The number of benzene rings is 1. The van der Waals surface area contributed by atoms with Crippen LogP contribution in [0.15, 0.2) is 35.7 Å². The molecule has 1 N–H and O–H groups in total. The van der Waals surface area contributed by atoms with Gasteiger partial charge in [0.1, 0.15) is 13.2 Å². The van der Waals surface area contributed by atoms with Gasteiger partial charge in [0.2, 0.25) is 5.91 Å². The fourth-order valence-corrected chi connectivity index (χ4v) is 4.78. The number of thiophene rings is 1. The van der Waals surface area contributed by atoms with Crippen molar-refractivity contribution in [1.29, 1.82) is 0 Å². The van der Waals surface area contributed by atoms with Crippen LogP contribution in [-0.4, -0.2) is 36.4 Å². The van der Waals surface area contributed by atoms with Crippen LogP contribution in [0.5, 0.6) is 11.5 Å². The van der Waals surface area contributed by atoms with Gasteiger partial charge < -0.3 is 14.8 Å². The average Bonchev–Trinajstić information content (AvgIpc) is 3.40. The molecule has 4 rings (SSSR count). The summed E-state index contributed by atoms with van der Waals surface area (Å²) in [5, 5.41) is 6.01. The Morgan fingerprint density at radius 1 is 1.10 bits per heavy atom. The van der Waals surface area contributed by atoms with Gasteiger partial charge in [-0.3, -0.25) is 9.59 Å². The van der Waals surface area contributed by atoms with E-state index < -0.39 is 0 Å². The zero-order valence-electron chi connectivity index (χ0n) is 16.6. The van der Waals surface area contributed by atoms with Gasteiger partial charge in [-0.25, -0.2) is 4.98 Å². The van der Waals surface area contributed by atoms with Crippen molar-refractivity contribution in [2.75, 3.05) is 19.8 Å². The normalized spacial score (nSPS) is 12.6. The summed E-state index contributed by atoms with van der Waals surface area (Å²) in [6.07, 6.45) is 1.09. The van der Waals surface area contributed by atoms with E-state index in [0.717, 1.165) is 22.0 Å². The smallest absolute Gasteiger partial charge is 0.220 e. The van der Waals surface area contributed by atoms with E-state index in [-0.39, 0.29) is 24.5 Å². The van der Waals surface area contributed by atoms with E-state index in [1.54, 1.807) is 40.9 Å². The second-order valence-corrected chi connectivity index (χ2v) is 9.13. The minimum absolute atomic E-state index is 0.0800. The second kappa shape index (κ2) is 9.40. The van der Waals surface area contributed by atoms with E-state index in [2.05, 4.69) is 27.8 Å². The Morgan fingerprint density at radius 3 is 2.73 bits per heavy atom. The van der Waals surface area contributed by atoms with Crippen LogP contribution < -0.4 is 14.8 Å². The molecular formula is C22H22N2O4S2. The molecule has 0 atom stereocenters. The van der Waals surface area contributed by atoms with Crippen molar-refractivity contribution in [3.05, 3.63) is 51.2 Å². The van der Waals surface area contributed by atoms with E-state index in [9.17, 15) is 9.59 Å². The lowest BCUT2D eigenvalue weighted by atomic mass is 10.1. The number of fused-ring (bicyclic) bond motifs is 1. The number of thiazole rings is 1. The highest BCUT2D eigenvalue weighted by molar-refractivity contribution is 7.16. The molecule has 0 radical (unpaired) electrons. The van der Waals surface area contributed by atoms with Crippen LogP contribution >= 0.6 is 22.7 Å². The SMILES string of the molecule is Cc1nc(-c2ccc(CCNC(=O)CCC(=O)c3ccc4c(c3)OCCO4)s2)cs1. The van der Waals surface area contributed by atoms with E-state index in [4.69, 9.17) is 9.47 Å². The van der Waals surface area contributed by atoms with Crippen LogP contribution in [0.4, 0.5) is 0 Å². The molecule has 156 valence electrons. The number of amides is 1. The molecule has 1 aliphatic heterocycles. The number of carbonyl (C=O) groups excluding carboxylic acids is 2. The Morgan fingerprint density at radius 2 is 1.93 bits per heavy atom. The standard InChI is InChI=1S/C22H22N2O4S2/c1-14-24-17(13-29-14)21-6-3-16(30-21)8-9-23-22(26)7-4-18(25)15-2-5-19-20(12-15)28-11-10-27-19/h2-3,5-6,12-13H,4,7-11H2,1H3,(H,23,26). The van der Waals surface area contributed by atoms with Crippen LogP contribution in [0, 0.1) is 6.92 Å². The van der Waals surface area contributed by atoms with E-state index in [0.29, 0.717) is 36.8 Å². The van der Waals surface area contributed by atoms with Gasteiger partial charge in [-0.1, -0.05) is 0 Å². The Labute approximate surface area is 182 Å². The molecule has 3 aromatic rings. The second-order valence-electron chi connectivity index (χ2n) is 6.90. The van der Waals surface area contributed by atoms with Crippen molar-refractivity contribution in [2.24, 2.45) is 0 Å². The van der Waals surface area contributed by atoms with Crippen molar-refractivity contribution >= 4 is 34.4 Å². The Hall–Kier alpha value is -2.71. The molecular weight excluding hydrogens is 420 g/mol. The number of rotatable bonds is 8. The molecule has 0 bridgehead atoms. The van der Waals surface area contributed by atoms with E-state index >= 15 is 0 Å². The molecule has 0 spiro atoms. The lowest BCUT2D eigenvalue weighted by molar-refractivity contribution is -0.121. The van der Waals surface area contributed by atoms with E-state index in [1.807, 2.05) is 6.92 Å². The number of ketones is 1. The van der Waals surface area contributed by atoms with Gasteiger partial charge in [-0.15, -0.1) is 22.7 Å². The third-order valence-corrected chi connectivity index (χ3v) is 6.61. The predicted molar refractivity (Wildman–Crippen MR) is 118 cm³/mol. The summed E-state index contributed by atoms with van der Waals surface area (Å²) in [6, 6.07) is 9.29. The summed E-state index contributed by atoms with van der Waals surface area (Å²) < 4.78 is 11.0. The Kier molecular flexibility index (Phi) is 6.44.